The van der Waals surface area contributed by atoms with E-state index >= 15 is 0 Å². The van der Waals surface area contributed by atoms with Crippen molar-refractivity contribution in [1.29, 1.82) is 0 Å². The zero-order valence-corrected chi connectivity index (χ0v) is 20.5. The molecule has 34 heavy (non-hydrogen) atoms. The van der Waals surface area contributed by atoms with Crippen LogP contribution >= 0.6 is 0 Å². The Balaban J connectivity index is 1.70. The molecule has 0 spiro atoms. The fourth-order valence-electron chi connectivity index (χ4n) is 3.58. The van der Waals surface area contributed by atoms with Crippen LogP contribution in [0.4, 0.5) is 5.69 Å². The van der Waals surface area contributed by atoms with E-state index in [0.29, 0.717) is 30.0 Å². The van der Waals surface area contributed by atoms with Gasteiger partial charge in [-0.1, -0.05) is 30.3 Å². The van der Waals surface area contributed by atoms with E-state index in [9.17, 15) is 13.2 Å². The maximum Gasteiger partial charge on any atom is 0.264 e. The summed E-state index contributed by atoms with van der Waals surface area (Å²) >= 11 is 0. The van der Waals surface area contributed by atoms with Gasteiger partial charge in [0.15, 0.2) is 0 Å². The minimum atomic E-state index is -3.97. The standard InChI is InChI=1S/C26H30N2O5S/c1-20-17-24(14-15-25(20)33-3)34(30,31)28(22-11-5-4-6-12-22)19-26(29)27-16-8-10-21-9-7-13-23(18-21)32-2/h4-7,9,11-15,17-18H,8,10,16,19H2,1-3H3,(H,27,29). The lowest BCUT2D eigenvalue weighted by Crippen LogP contribution is -2.41. The third kappa shape index (κ3) is 6.29. The van der Waals surface area contributed by atoms with Gasteiger partial charge >= 0.3 is 0 Å². The van der Waals surface area contributed by atoms with Gasteiger partial charge in [0.25, 0.3) is 10.0 Å². The second kappa shape index (κ2) is 11.6. The molecule has 0 aromatic heterocycles. The quantitative estimate of drug-likeness (QED) is 0.418. The number of hydrogen-bond acceptors (Lipinski definition) is 5. The zero-order valence-electron chi connectivity index (χ0n) is 19.7. The highest BCUT2D eigenvalue weighted by atomic mass is 32.2. The zero-order chi connectivity index (χ0) is 24.6. The van der Waals surface area contributed by atoms with Gasteiger partial charge in [-0.05, 0) is 73.4 Å². The molecule has 0 unspecified atom stereocenters. The SMILES string of the molecule is COc1cccc(CCCNC(=O)CN(c2ccccc2)S(=O)(=O)c2ccc(OC)c(C)c2)c1. The minimum absolute atomic E-state index is 0.0977. The first-order valence-corrected chi connectivity index (χ1v) is 12.4. The van der Waals surface area contributed by atoms with E-state index in [1.54, 1.807) is 56.5 Å². The number of aryl methyl sites for hydroxylation is 2. The van der Waals surface area contributed by atoms with Gasteiger partial charge in [0.05, 0.1) is 24.8 Å². The minimum Gasteiger partial charge on any atom is -0.497 e. The van der Waals surface area contributed by atoms with Crippen LogP contribution in [0.1, 0.15) is 17.5 Å². The van der Waals surface area contributed by atoms with Gasteiger partial charge in [-0.15, -0.1) is 0 Å². The highest BCUT2D eigenvalue weighted by molar-refractivity contribution is 7.92. The van der Waals surface area contributed by atoms with Crippen molar-refractivity contribution < 1.29 is 22.7 Å². The summed E-state index contributed by atoms with van der Waals surface area (Å²) in [7, 11) is -0.818. The third-order valence-electron chi connectivity index (χ3n) is 5.38. The Hall–Kier alpha value is -3.52. The van der Waals surface area contributed by atoms with Gasteiger partial charge in [0, 0.05) is 6.54 Å². The Bertz CT molecular complexity index is 1210. The molecule has 0 fully saturated rings. The summed E-state index contributed by atoms with van der Waals surface area (Å²) in [6.45, 7) is 1.89. The molecule has 3 rings (SSSR count). The summed E-state index contributed by atoms with van der Waals surface area (Å²) in [6, 6.07) is 21.0. The van der Waals surface area contributed by atoms with E-state index < -0.39 is 10.0 Å². The number of carbonyl (C=O) groups excluding carboxylic acids is 1. The maximum absolute atomic E-state index is 13.5. The number of hydrogen-bond donors (Lipinski definition) is 1. The topological polar surface area (TPSA) is 84.9 Å². The van der Waals surface area contributed by atoms with Crippen molar-refractivity contribution in [2.24, 2.45) is 0 Å². The van der Waals surface area contributed by atoms with Crippen LogP contribution in [0.15, 0.2) is 77.7 Å². The Morgan fingerprint density at radius 1 is 0.941 bits per heavy atom. The molecule has 0 heterocycles. The summed E-state index contributed by atoms with van der Waals surface area (Å²) in [6.07, 6.45) is 1.48. The van der Waals surface area contributed by atoms with Crippen LogP contribution in [0, 0.1) is 6.92 Å². The molecule has 1 N–H and O–H groups in total. The second-order valence-corrected chi connectivity index (χ2v) is 9.65. The highest BCUT2D eigenvalue weighted by Crippen LogP contribution is 2.27. The summed E-state index contributed by atoms with van der Waals surface area (Å²) in [5.74, 6) is 1.02. The molecule has 0 aliphatic carbocycles. The van der Waals surface area contributed by atoms with Crippen molar-refractivity contribution in [3.63, 3.8) is 0 Å². The summed E-state index contributed by atoms with van der Waals surface area (Å²) in [4.78, 5) is 12.8. The first-order chi connectivity index (χ1) is 16.3. The lowest BCUT2D eigenvalue weighted by molar-refractivity contribution is -0.119. The van der Waals surface area contributed by atoms with Crippen molar-refractivity contribution >= 4 is 21.6 Å². The number of anilines is 1. The number of carbonyl (C=O) groups is 1. The molecule has 0 bridgehead atoms. The lowest BCUT2D eigenvalue weighted by Gasteiger charge is -2.24. The fraction of sp³-hybridized carbons (Fsp3) is 0.269. The normalized spacial score (nSPS) is 11.0. The van der Waals surface area contributed by atoms with Crippen LogP contribution in [0.2, 0.25) is 0 Å². The molecule has 0 radical (unpaired) electrons. The second-order valence-electron chi connectivity index (χ2n) is 7.78. The Morgan fingerprint density at radius 2 is 1.71 bits per heavy atom. The van der Waals surface area contributed by atoms with E-state index in [-0.39, 0.29) is 17.3 Å². The molecule has 3 aromatic carbocycles. The van der Waals surface area contributed by atoms with Gasteiger partial charge in [0.2, 0.25) is 5.91 Å². The van der Waals surface area contributed by atoms with E-state index in [1.807, 2.05) is 24.3 Å². The monoisotopic (exact) mass is 482 g/mol. The molecule has 0 atom stereocenters. The summed E-state index contributed by atoms with van der Waals surface area (Å²) in [5, 5.41) is 2.84. The highest BCUT2D eigenvalue weighted by Gasteiger charge is 2.27. The molecule has 3 aromatic rings. The van der Waals surface area contributed by atoms with Crippen molar-refractivity contribution in [2.45, 2.75) is 24.7 Å². The average molecular weight is 483 g/mol. The maximum atomic E-state index is 13.5. The van der Waals surface area contributed by atoms with Gasteiger partial charge in [-0.3, -0.25) is 9.10 Å². The molecule has 7 nitrogen and oxygen atoms in total. The van der Waals surface area contributed by atoms with Crippen molar-refractivity contribution in [1.82, 2.24) is 5.32 Å². The van der Waals surface area contributed by atoms with E-state index in [1.165, 1.54) is 13.2 Å². The van der Waals surface area contributed by atoms with Crippen LogP contribution in [-0.4, -0.2) is 41.6 Å². The number of benzene rings is 3. The first kappa shape index (κ1) is 25.1. The van der Waals surface area contributed by atoms with E-state index in [0.717, 1.165) is 22.0 Å². The van der Waals surface area contributed by atoms with Crippen LogP contribution in [0.25, 0.3) is 0 Å². The lowest BCUT2D eigenvalue weighted by atomic mass is 10.1. The number of rotatable bonds is 11. The number of amides is 1. The van der Waals surface area contributed by atoms with Gasteiger partial charge < -0.3 is 14.8 Å². The average Bonchev–Trinajstić information content (AvgIpc) is 2.85. The molecule has 0 aliphatic heterocycles. The molecule has 8 heteroatoms. The predicted octanol–water partition coefficient (Wildman–Crippen LogP) is 3.96. The Labute approximate surface area is 201 Å². The van der Waals surface area contributed by atoms with Gasteiger partial charge in [0.1, 0.15) is 18.0 Å². The largest absolute Gasteiger partial charge is 0.497 e. The van der Waals surface area contributed by atoms with Gasteiger partial charge in [-0.25, -0.2) is 8.42 Å². The number of methoxy groups -OCH3 is 2. The van der Waals surface area contributed by atoms with E-state index in [4.69, 9.17) is 9.47 Å². The van der Waals surface area contributed by atoms with Crippen molar-refractivity contribution in [2.75, 3.05) is 31.6 Å². The van der Waals surface area contributed by atoms with Crippen LogP contribution in [0.3, 0.4) is 0 Å². The fourth-order valence-corrected chi connectivity index (χ4v) is 5.09. The Kier molecular flexibility index (Phi) is 8.54. The molecule has 180 valence electrons. The molecule has 0 saturated carbocycles. The number of sulfonamides is 1. The van der Waals surface area contributed by atoms with E-state index in [2.05, 4.69) is 5.32 Å². The molecule has 1 amide bonds. The molecular weight excluding hydrogens is 452 g/mol. The first-order valence-electron chi connectivity index (χ1n) is 11.0. The summed E-state index contributed by atoms with van der Waals surface area (Å²) in [5.41, 5.74) is 2.22. The summed E-state index contributed by atoms with van der Waals surface area (Å²) < 4.78 is 38.6. The third-order valence-corrected chi connectivity index (χ3v) is 7.15. The number of ether oxygens (including phenoxy) is 2. The number of para-hydroxylation sites is 1. The molecule has 0 saturated heterocycles. The predicted molar refractivity (Wildman–Crippen MR) is 133 cm³/mol. The Morgan fingerprint density at radius 3 is 2.38 bits per heavy atom. The van der Waals surface area contributed by atoms with Crippen molar-refractivity contribution in [3.05, 3.63) is 83.9 Å². The number of nitrogens with one attached hydrogen (secondary N) is 1. The van der Waals surface area contributed by atoms with Crippen LogP contribution in [-0.2, 0) is 21.2 Å². The van der Waals surface area contributed by atoms with Crippen molar-refractivity contribution in [3.8, 4) is 11.5 Å². The van der Waals surface area contributed by atoms with Crippen LogP contribution in [0.5, 0.6) is 11.5 Å². The smallest absolute Gasteiger partial charge is 0.264 e. The molecule has 0 aliphatic rings. The number of nitrogens with zero attached hydrogens (tertiary/aromatic N) is 1. The van der Waals surface area contributed by atoms with Crippen LogP contribution < -0.4 is 19.1 Å². The van der Waals surface area contributed by atoms with Gasteiger partial charge in [-0.2, -0.15) is 0 Å². The molecular formula is C26H30N2O5S.